The van der Waals surface area contributed by atoms with E-state index in [4.69, 9.17) is 21.1 Å². The lowest BCUT2D eigenvalue weighted by Crippen LogP contribution is -2.30. The Balaban J connectivity index is 2.02. The number of ether oxygens (including phenoxy) is 2. The number of amides is 1. The fraction of sp³-hybridized carbons (Fsp3) is 0.188. The van der Waals surface area contributed by atoms with E-state index in [2.05, 4.69) is 5.32 Å². The van der Waals surface area contributed by atoms with E-state index in [-0.39, 0.29) is 5.91 Å². The maximum absolute atomic E-state index is 12.1. The van der Waals surface area contributed by atoms with Crippen molar-refractivity contribution in [3.63, 3.8) is 0 Å². The van der Waals surface area contributed by atoms with Crippen molar-refractivity contribution in [1.82, 2.24) is 0 Å². The Hall–Kier alpha value is -2.20. The van der Waals surface area contributed by atoms with Gasteiger partial charge in [-0.15, -0.1) is 0 Å². The van der Waals surface area contributed by atoms with Crippen LogP contribution in [0.5, 0.6) is 11.5 Å². The monoisotopic (exact) mass is 305 g/mol. The number of hydrogen-bond acceptors (Lipinski definition) is 3. The van der Waals surface area contributed by atoms with Crippen LogP contribution < -0.4 is 14.8 Å². The summed E-state index contributed by atoms with van der Waals surface area (Å²) in [6, 6.07) is 14.1. The molecule has 21 heavy (non-hydrogen) atoms. The summed E-state index contributed by atoms with van der Waals surface area (Å²) in [4.78, 5) is 12.1. The summed E-state index contributed by atoms with van der Waals surface area (Å²) in [5, 5.41) is 3.33. The molecule has 0 aliphatic rings. The van der Waals surface area contributed by atoms with Crippen LogP contribution in [0.15, 0.2) is 48.5 Å². The zero-order chi connectivity index (χ0) is 15.2. The van der Waals surface area contributed by atoms with Gasteiger partial charge < -0.3 is 14.8 Å². The Bertz CT molecular complexity index is 630. The van der Waals surface area contributed by atoms with Gasteiger partial charge in [0.15, 0.2) is 6.10 Å². The number of carbonyl (C=O) groups is 1. The third kappa shape index (κ3) is 4.13. The van der Waals surface area contributed by atoms with Crippen LogP contribution >= 0.6 is 11.6 Å². The second kappa shape index (κ2) is 6.99. The van der Waals surface area contributed by atoms with Crippen LogP contribution in [0.3, 0.4) is 0 Å². The molecule has 0 aliphatic heterocycles. The van der Waals surface area contributed by atoms with Gasteiger partial charge in [0.05, 0.1) is 12.8 Å². The molecule has 0 saturated carbocycles. The van der Waals surface area contributed by atoms with Crippen molar-refractivity contribution in [2.24, 2.45) is 0 Å². The highest BCUT2D eigenvalue weighted by Gasteiger charge is 2.16. The van der Waals surface area contributed by atoms with Crippen LogP contribution in [0, 0.1) is 0 Å². The van der Waals surface area contributed by atoms with Crippen molar-refractivity contribution in [2.75, 3.05) is 12.4 Å². The smallest absolute Gasteiger partial charge is 0.265 e. The van der Waals surface area contributed by atoms with Gasteiger partial charge in [-0.3, -0.25) is 4.79 Å². The number of rotatable bonds is 5. The minimum atomic E-state index is -0.659. The minimum Gasteiger partial charge on any atom is -0.495 e. The molecular formula is C16H16ClNO3. The molecule has 2 rings (SSSR count). The van der Waals surface area contributed by atoms with E-state index in [1.807, 2.05) is 12.1 Å². The lowest BCUT2D eigenvalue weighted by molar-refractivity contribution is -0.122. The highest BCUT2D eigenvalue weighted by Crippen LogP contribution is 2.24. The first-order valence-electron chi connectivity index (χ1n) is 6.46. The fourth-order valence-electron chi connectivity index (χ4n) is 1.78. The first kappa shape index (κ1) is 15.2. The Kier molecular flexibility index (Phi) is 5.06. The maximum Gasteiger partial charge on any atom is 0.265 e. The van der Waals surface area contributed by atoms with Crippen LogP contribution in [-0.4, -0.2) is 19.1 Å². The maximum atomic E-state index is 12.1. The predicted molar refractivity (Wildman–Crippen MR) is 83.2 cm³/mol. The summed E-state index contributed by atoms with van der Waals surface area (Å²) in [7, 11) is 1.55. The van der Waals surface area contributed by atoms with Crippen molar-refractivity contribution in [3.8, 4) is 11.5 Å². The normalized spacial score (nSPS) is 11.6. The predicted octanol–water partition coefficient (Wildman–Crippen LogP) is 3.75. The van der Waals surface area contributed by atoms with Gasteiger partial charge in [0.25, 0.3) is 5.91 Å². The number of benzene rings is 2. The molecule has 0 radical (unpaired) electrons. The van der Waals surface area contributed by atoms with E-state index in [9.17, 15) is 4.79 Å². The summed E-state index contributed by atoms with van der Waals surface area (Å²) in [6.45, 7) is 1.67. The van der Waals surface area contributed by atoms with Gasteiger partial charge in [-0.1, -0.05) is 29.8 Å². The number of anilines is 1. The second-order valence-corrected chi connectivity index (χ2v) is 4.84. The van der Waals surface area contributed by atoms with Crippen LogP contribution in [-0.2, 0) is 4.79 Å². The molecule has 4 nitrogen and oxygen atoms in total. The lowest BCUT2D eigenvalue weighted by atomic mass is 10.2. The van der Waals surface area contributed by atoms with E-state index in [0.717, 1.165) is 0 Å². The SMILES string of the molecule is COc1ccccc1NC(=O)C(C)Oc1cccc(Cl)c1. The lowest BCUT2D eigenvalue weighted by Gasteiger charge is -2.16. The van der Waals surface area contributed by atoms with E-state index >= 15 is 0 Å². The van der Waals surface area contributed by atoms with Gasteiger partial charge in [-0.2, -0.15) is 0 Å². The molecule has 0 fully saturated rings. The average molecular weight is 306 g/mol. The summed E-state index contributed by atoms with van der Waals surface area (Å²) in [5.41, 5.74) is 0.603. The third-order valence-electron chi connectivity index (χ3n) is 2.84. The summed E-state index contributed by atoms with van der Waals surface area (Å²) in [6.07, 6.45) is -0.659. The first-order chi connectivity index (χ1) is 10.1. The fourth-order valence-corrected chi connectivity index (χ4v) is 1.96. The van der Waals surface area contributed by atoms with E-state index in [1.165, 1.54) is 0 Å². The number of hydrogen-bond donors (Lipinski definition) is 1. The average Bonchev–Trinajstić information content (AvgIpc) is 2.47. The quantitative estimate of drug-likeness (QED) is 0.915. The van der Waals surface area contributed by atoms with Gasteiger partial charge in [-0.25, -0.2) is 0 Å². The van der Waals surface area contributed by atoms with Gasteiger partial charge in [0, 0.05) is 5.02 Å². The highest BCUT2D eigenvalue weighted by atomic mass is 35.5. The number of para-hydroxylation sites is 2. The van der Waals surface area contributed by atoms with Gasteiger partial charge in [-0.05, 0) is 37.3 Å². The zero-order valence-corrected chi connectivity index (χ0v) is 12.6. The van der Waals surface area contributed by atoms with E-state index < -0.39 is 6.10 Å². The molecule has 1 N–H and O–H groups in total. The number of methoxy groups -OCH3 is 1. The van der Waals surface area contributed by atoms with Crippen molar-refractivity contribution in [3.05, 3.63) is 53.6 Å². The molecule has 1 amide bonds. The molecule has 5 heteroatoms. The Morgan fingerprint density at radius 3 is 2.67 bits per heavy atom. The third-order valence-corrected chi connectivity index (χ3v) is 3.08. The summed E-state index contributed by atoms with van der Waals surface area (Å²) < 4.78 is 10.8. The van der Waals surface area contributed by atoms with Crippen molar-refractivity contribution < 1.29 is 14.3 Å². The molecule has 1 atom stereocenters. The molecule has 1 unspecified atom stereocenters. The summed E-state index contributed by atoms with van der Waals surface area (Å²) >= 11 is 5.88. The molecule has 0 aromatic heterocycles. The molecule has 0 heterocycles. The molecule has 2 aromatic carbocycles. The van der Waals surface area contributed by atoms with Crippen molar-refractivity contribution in [2.45, 2.75) is 13.0 Å². The second-order valence-electron chi connectivity index (χ2n) is 4.41. The topological polar surface area (TPSA) is 47.6 Å². The first-order valence-corrected chi connectivity index (χ1v) is 6.84. The van der Waals surface area contributed by atoms with Crippen molar-refractivity contribution in [1.29, 1.82) is 0 Å². The molecule has 2 aromatic rings. The Morgan fingerprint density at radius 2 is 1.95 bits per heavy atom. The highest BCUT2D eigenvalue weighted by molar-refractivity contribution is 6.30. The van der Waals surface area contributed by atoms with Crippen LogP contribution in [0.4, 0.5) is 5.69 Å². The van der Waals surface area contributed by atoms with Gasteiger partial charge in [0.1, 0.15) is 11.5 Å². The standard InChI is InChI=1S/C16H16ClNO3/c1-11(21-13-7-5-6-12(17)10-13)16(19)18-14-8-3-4-9-15(14)20-2/h3-11H,1-2H3,(H,18,19). The van der Waals surface area contributed by atoms with Crippen LogP contribution in [0.2, 0.25) is 5.02 Å². The Morgan fingerprint density at radius 1 is 1.19 bits per heavy atom. The van der Waals surface area contributed by atoms with Crippen LogP contribution in [0.1, 0.15) is 6.92 Å². The van der Waals surface area contributed by atoms with E-state index in [1.54, 1.807) is 50.4 Å². The molecule has 110 valence electrons. The van der Waals surface area contributed by atoms with Gasteiger partial charge >= 0.3 is 0 Å². The zero-order valence-electron chi connectivity index (χ0n) is 11.8. The largest absolute Gasteiger partial charge is 0.495 e. The minimum absolute atomic E-state index is 0.264. The molecule has 0 bridgehead atoms. The van der Waals surface area contributed by atoms with Gasteiger partial charge in [0.2, 0.25) is 0 Å². The number of nitrogens with one attached hydrogen (secondary N) is 1. The molecule has 0 aliphatic carbocycles. The molecule has 0 spiro atoms. The number of carbonyl (C=O) groups excluding carboxylic acids is 1. The Labute approximate surface area is 128 Å². The number of halogens is 1. The van der Waals surface area contributed by atoms with Crippen LogP contribution in [0.25, 0.3) is 0 Å². The summed E-state index contributed by atoms with van der Waals surface area (Å²) in [5.74, 6) is 0.880. The van der Waals surface area contributed by atoms with E-state index in [0.29, 0.717) is 22.2 Å². The molecular weight excluding hydrogens is 290 g/mol. The molecule has 0 saturated heterocycles. The van der Waals surface area contributed by atoms with Crippen molar-refractivity contribution >= 4 is 23.2 Å².